The summed E-state index contributed by atoms with van der Waals surface area (Å²) >= 11 is 3.38. The highest BCUT2D eigenvalue weighted by atomic mass is 79.9. The molecule has 0 spiro atoms. The minimum atomic E-state index is 0.565. The molecule has 0 saturated carbocycles. The second-order valence-electron chi connectivity index (χ2n) is 3.66. The van der Waals surface area contributed by atoms with E-state index in [2.05, 4.69) is 20.9 Å². The van der Waals surface area contributed by atoms with Crippen LogP contribution in [-0.2, 0) is 0 Å². The molecule has 0 bridgehead atoms. The van der Waals surface area contributed by atoms with Gasteiger partial charge in [0, 0.05) is 29.2 Å². The number of rotatable bonds is 1. The molecule has 0 N–H and O–H groups in total. The SMILES string of the molecule is Cc1cccc(-c2cc(Br)cc(C)[n+]2[O-])n1. The molecular weight excluding hydrogens is 268 g/mol. The van der Waals surface area contributed by atoms with Gasteiger partial charge < -0.3 is 5.21 Å². The fraction of sp³-hybridized carbons (Fsp3) is 0.167. The zero-order valence-electron chi connectivity index (χ0n) is 9.07. The normalized spacial score (nSPS) is 10.4. The van der Waals surface area contributed by atoms with Gasteiger partial charge in [-0.2, -0.15) is 4.73 Å². The van der Waals surface area contributed by atoms with Crippen LogP contribution in [0.1, 0.15) is 11.4 Å². The molecule has 0 aliphatic carbocycles. The Kier molecular flexibility index (Phi) is 2.92. The molecule has 2 rings (SSSR count). The van der Waals surface area contributed by atoms with Gasteiger partial charge in [-0.1, -0.05) is 22.0 Å². The lowest BCUT2D eigenvalue weighted by Crippen LogP contribution is -2.33. The highest BCUT2D eigenvalue weighted by Crippen LogP contribution is 2.19. The number of aromatic nitrogens is 2. The molecule has 0 atom stereocenters. The van der Waals surface area contributed by atoms with Crippen molar-refractivity contribution in [2.24, 2.45) is 0 Å². The van der Waals surface area contributed by atoms with E-state index in [4.69, 9.17) is 0 Å². The van der Waals surface area contributed by atoms with E-state index in [0.717, 1.165) is 14.9 Å². The minimum absolute atomic E-state index is 0.565. The van der Waals surface area contributed by atoms with Gasteiger partial charge in [-0.3, -0.25) is 0 Å². The molecule has 0 radical (unpaired) electrons. The zero-order chi connectivity index (χ0) is 11.7. The van der Waals surface area contributed by atoms with Gasteiger partial charge >= 0.3 is 0 Å². The molecule has 0 unspecified atom stereocenters. The van der Waals surface area contributed by atoms with Crippen LogP contribution < -0.4 is 4.73 Å². The first-order valence-electron chi connectivity index (χ1n) is 4.91. The molecule has 2 aromatic heterocycles. The molecule has 0 aliphatic rings. The Labute approximate surface area is 102 Å². The smallest absolute Gasteiger partial charge is 0.243 e. The number of aryl methyl sites for hydroxylation is 2. The number of nitrogens with zero attached hydrogens (tertiary/aromatic N) is 2. The number of halogens is 1. The standard InChI is InChI=1S/C12H11BrN2O/c1-8-4-3-5-11(14-8)12-7-10(13)6-9(2)15(12)16/h3-7H,1-2H3. The van der Waals surface area contributed by atoms with Gasteiger partial charge in [0.15, 0.2) is 5.69 Å². The van der Waals surface area contributed by atoms with Crippen LogP contribution in [0, 0.1) is 19.1 Å². The van der Waals surface area contributed by atoms with E-state index < -0.39 is 0 Å². The van der Waals surface area contributed by atoms with E-state index >= 15 is 0 Å². The van der Waals surface area contributed by atoms with Crippen molar-refractivity contribution in [3.8, 4) is 11.4 Å². The van der Waals surface area contributed by atoms with Crippen LogP contribution in [-0.4, -0.2) is 4.98 Å². The highest BCUT2D eigenvalue weighted by molar-refractivity contribution is 9.10. The van der Waals surface area contributed by atoms with Gasteiger partial charge in [0.2, 0.25) is 5.69 Å². The molecule has 0 aromatic carbocycles. The summed E-state index contributed by atoms with van der Waals surface area (Å²) in [5.41, 5.74) is 2.80. The van der Waals surface area contributed by atoms with E-state index in [0.29, 0.717) is 17.1 Å². The van der Waals surface area contributed by atoms with Crippen LogP contribution in [0.5, 0.6) is 0 Å². The van der Waals surface area contributed by atoms with Crippen LogP contribution in [0.15, 0.2) is 34.8 Å². The summed E-state index contributed by atoms with van der Waals surface area (Å²) in [6, 6.07) is 9.20. The lowest BCUT2D eigenvalue weighted by Gasteiger charge is -2.07. The molecule has 0 aliphatic heterocycles. The van der Waals surface area contributed by atoms with Gasteiger partial charge in [-0.05, 0) is 19.1 Å². The quantitative estimate of drug-likeness (QED) is 0.595. The Morgan fingerprint density at radius 1 is 1.25 bits per heavy atom. The fourth-order valence-corrected chi connectivity index (χ4v) is 2.09. The third-order valence-electron chi connectivity index (χ3n) is 2.31. The Balaban J connectivity index is 2.64. The van der Waals surface area contributed by atoms with E-state index in [1.165, 1.54) is 0 Å². The van der Waals surface area contributed by atoms with E-state index in [9.17, 15) is 5.21 Å². The molecule has 82 valence electrons. The van der Waals surface area contributed by atoms with Gasteiger partial charge in [-0.25, -0.2) is 4.98 Å². The summed E-state index contributed by atoms with van der Waals surface area (Å²) in [6.45, 7) is 3.68. The lowest BCUT2D eigenvalue weighted by atomic mass is 10.2. The molecular formula is C12H11BrN2O. The van der Waals surface area contributed by atoms with Crippen molar-refractivity contribution >= 4 is 15.9 Å². The van der Waals surface area contributed by atoms with Crippen LogP contribution in [0.25, 0.3) is 11.4 Å². The van der Waals surface area contributed by atoms with Crippen molar-refractivity contribution in [1.82, 2.24) is 4.98 Å². The van der Waals surface area contributed by atoms with Crippen molar-refractivity contribution in [3.63, 3.8) is 0 Å². The van der Waals surface area contributed by atoms with Crippen molar-refractivity contribution in [2.75, 3.05) is 0 Å². The Morgan fingerprint density at radius 3 is 2.69 bits per heavy atom. The topological polar surface area (TPSA) is 39.8 Å². The maximum atomic E-state index is 11.9. The number of pyridine rings is 2. The molecule has 16 heavy (non-hydrogen) atoms. The predicted octanol–water partition coefficient (Wildman–Crippen LogP) is 2.76. The lowest BCUT2D eigenvalue weighted by molar-refractivity contribution is -0.600. The van der Waals surface area contributed by atoms with Crippen molar-refractivity contribution in [2.45, 2.75) is 13.8 Å². The van der Waals surface area contributed by atoms with Crippen molar-refractivity contribution in [3.05, 3.63) is 51.4 Å². The summed E-state index contributed by atoms with van der Waals surface area (Å²) in [5.74, 6) is 0. The third kappa shape index (κ3) is 2.07. The van der Waals surface area contributed by atoms with Crippen LogP contribution in [0.2, 0.25) is 0 Å². The van der Waals surface area contributed by atoms with Gasteiger partial charge in [-0.15, -0.1) is 0 Å². The highest BCUT2D eigenvalue weighted by Gasteiger charge is 2.13. The summed E-state index contributed by atoms with van der Waals surface area (Å²) < 4.78 is 1.78. The Hall–Kier alpha value is -1.42. The minimum Gasteiger partial charge on any atom is -0.618 e. The van der Waals surface area contributed by atoms with Crippen LogP contribution >= 0.6 is 15.9 Å². The van der Waals surface area contributed by atoms with Gasteiger partial charge in [0.25, 0.3) is 0 Å². The first kappa shape index (κ1) is 11.1. The predicted molar refractivity (Wildman–Crippen MR) is 65.8 cm³/mol. The maximum absolute atomic E-state index is 11.9. The molecule has 0 amide bonds. The molecule has 2 aromatic rings. The zero-order valence-corrected chi connectivity index (χ0v) is 10.7. The van der Waals surface area contributed by atoms with Crippen molar-refractivity contribution < 1.29 is 4.73 Å². The number of hydrogen-bond donors (Lipinski definition) is 0. The molecule has 3 nitrogen and oxygen atoms in total. The van der Waals surface area contributed by atoms with E-state index in [1.54, 1.807) is 19.1 Å². The first-order chi connectivity index (χ1) is 7.58. The van der Waals surface area contributed by atoms with E-state index in [-0.39, 0.29) is 0 Å². The molecule has 0 fully saturated rings. The maximum Gasteiger partial charge on any atom is 0.243 e. The Morgan fingerprint density at radius 2 is 2.00 bits per heavy atom. The van der Waals surface area contributed by atoms with Crippen LogP contribution in [0.4, 0.5) is 0 Å². The summed E-state index contributed by atoms with van der Waals surface area (Å²) in [6.07, 6.45) is 0. The number of hydrogen-bond acceptors (Lipinski definition) is 2. The summed E-state index contributed by atoms with van der Waals surface area (Å²) in [7, 11) is 0. The fourth-order valence-electron chi connectivity index (χ4n) is 1.54. The molecule has 0 saturated heterocycles. The molecule has 4 heteroatoms. The second kappa shape index (κ2) is 4.22. The summed E-state index contributed by atoms with van der Waals surface area (Å²) in [5, 5.41) is 11.9. The average molecular weight is 279 g/mol. The largest absolute Gasteiger partial charge is 0.618 e. The van der Waals surface area contributed by atoms with Gasteiger partial charge in [0.1, 0.15) is 5.69 Å². The second-order valence-corrected chi connectivity index (χ2v) is 4.57. The first-order valence-corrected chi connectivity index (χ1v) is 5.71. The molecule has 2 heterocycles. The summed E-state index contributed by atoms with van der Waals surface area (Å²) in [4.78, 5) is 4.34. The Bertz CT molecular complexity index is 541. The third-order valence-corrected chi connectivity index (χ3v) is 2.77. The van der Waals surface area contributed by atoms with Crippen molar-refractivity contribution in [1.29, 1.82) is 0 Å². The monoisotopic (exact) mass is 278 g/mol. The average Bonchev–Trinajstić information content (AvgIpc) is 2.23. The van der Waals surface area contributed by atoms with E-state index in [1.807, 2.05) is 25.1 Å². The van der Waals surface area contributed by atoms with Crippen LogP contribution in [0.3, 0.4) is 0 Å². The van der Waals surface area contributed by atoms with Gasteiger partial charge in [0.05, 0.1) is 0 Å².